The second-order valence-electron chi connectivity index (χ2n) is 7.47. The highest BCUT2D eigenvalue weighted by Crippen LogP contribution is 2.26. The molecule has 0 unspecified atom stereocenters. The highest BCUT2D eigenvalue weighted by molar-refractivity contribution is 7.10. The summed E-state index contributed by atoms with van der Waals surface area (Å²) in [5.74, 6) is 1.78. The number of nitrogens with one attached hydrogen (secondary N) is 2. The minimum Gasteiger partial charge on any atom is -0.457 e. The second kappa shape index (κ2) is 10.3. The fraction of sp³-hybridized carbons (Fsp3) is 0.304. The molecule has 4 N–H and O–H groups in total. The Bertz CT molecular complexity index is 1050. The van der Waals surface area contributed by atoms with E-state index in [1.165, 1.54) is 30.8 Å². The van der Waals surface area contributed by atoms with Gasteiger partial charge in [0.2, 0.25) is 0 Å². The number of rotatable bonds is 8. The molecule has 8 heteroatoms. The first-order valence-electron chi connectivity index (χ1n) is 10.5. The standard InChI is InChI=1S/C23H27N5O2S/c24-21(25-13-16-28-14-5-2-6-15-28)20-22(29)27-31-23(20)26-17-9-11-19(12-10-17)30-18-7-3-1-4-8-18/h1,3-4,7-12,26H,2,5-6,13-16H2,(H2,24,25)(H,27,29). The SMILES string of the molecule is NC(=NCCN1CCCCC1)c1c(Nc2ccc(Oc3ccccc3)cc2)s[nH]c1=O. The number of hydrogen-bond acceptors (Lipinski definition) is 6. The summed E-state index contributed by atoms with van der Waals surface area (Å²) in [4.78, 5) is 19.2. The van der Waals surface area contributed by atoms with E-state index in [-0.39, 0.29) is 11.4 Å². The highest BCUT2D eigenvalue weighted by Gasteiger charge is 2.15. The molecule has 0 atom stereocenters. The quantitative estimate of drug-likeness (QED) is 0.363. The highest BCUT2D eigenvalue weighted by atomic mass is 32.1. The van der Waals surface area contributed by atoms with E-state index in [1.807, 2.05) is 54.6 Å². The van der Waals surface area contributed by atoms with Gasteiger partial charge in [0.05, 0.1) is 6.54 Å². The molecule has 0 radical (unpaired) electrons. The Morgan fingerprint density at radius 3 is 2.52 bits per heavy atom. The van der Waals surface area contributed by atoms with E-state index in [0.29, 0.717) is 17.1 Å². The maximum absolute atomic E-state index is 12.3. The minimum absolute atomic E-state index is 0.226. The number of benzene rings is 2. The van der Waals surface area contributed by atoms with E-state index >= 15 is 0 Å². The van der Waals surface area contributed by atoms with E-state index in [2.05, 4.69) is 19.6 Å². The molecular formula is C23H27N5O2S. The summed E-state index contributed by atoms with van der Waals surface area (Å²) in [6, 6.07) is 17.2. The van der Waals surface area contributed by atoms with Crippen molar-refractivity contribution in [2.75, 3.05) is 31.5 Å². The minimum atomic E-state index is -0.226. The maximum Gasteiger partial charge on any atom is 0.271 e. The molecule has 4 rings (SSSR count). The number of nitrogens with two attached hydrogens (primary N) is 1. The molecular weight excluding hydrogens is 410 g/mol. The maximum atomic E-state index is 12.3. The van der Waals surface area contributed by atoms with Crippen LogP contribution in [0.2, 0.25) is 0 Å². The van der Waals surface area contributed by atoms with Crippen LogP contribution in [0, 0.1) is 0 Å². The monoisotopic (exact) mass is 437 g/mol. The second-order valence-corrected chi connectivity index (χ2v) is 8.29. The van der Waals surface area contributed by atoms with Crippen LogP contribution in [0.4, 0.5) is 10.7 Å². The van der Waals surface area contributed by atoms with Gasteiger partial charge < -0.3 is 20.7 Å². The molecule has 31 heavy (non-hydrogen) atoms. The summed E-state index contributed by atoms with van der Waals surface area (Å²) >= 11 is 1.22. The summed E-state index contributed by atoms with van der Waals surface area (Å²) in [6.07, 6.45) is 3.79. The first kappa shape index (κ1) is 21.1. The molecule has 1 aliphatic rings. The van der Waals surface area contributed by atoms with E-state index < -0.39 is 0 Å². The molecule has 1 aromatic heterocycles. The number of amidine groups is 1. The first-order valence-corrected chi connectivity index (χ1v) is 11.3. The number of likely N-dealkylation sites (tertiary alicyclic amines) is 1. The zero-order valence-corrected chi connectivity index (χ0v) is 18.2. The lowest BCUT2D eigenvalue weighted by Crippen LogP contribution is -2.32. The number of ether oxygens (including phenoxy) is 1. The normalized spacial score (nSPS) is 15.0. The summed E-state index contributed by atoms with van der Waals surface area (Å²) in [5.41, 5.74) is 7.18. The molecule has 2 aromatic carbocycles. The molecule has 0 amide bonds. The lowest BCUT2D eigenvalue weighted by Gasteiger charge is -2.25. The van der Waals surface area contributed by atoms with Crippen molar-refractivity contribution in [1.82, 2.24) is 9.27 Å². The summed E-state index contributed by atoms with van der Waals surface area (Å²) in [6.45, 7) is 3.69. The predicted octanol–water partition coefficient (Wildman–Crippen LogP) is 4.16. The lowest BCUT2D eigenvalue weighted by atomic mass is 10.1. The topological polar surface area (TPSA) is 95.7 Å². The van der Waals surface area contributed by atoms with Crippen molar-refractivity contribution in [3.63, 3.8) is 0 Å². The molecule has 1 saturated heterocycles. The summed E-state index contributed by atoms with van der Waals surface area (Å²) in [7, 11) is 0. The van der Waals surface area contributed by atoms with Gasteiger partial charge in [-0.25, -0.2) is 0 Å². The van der Waals surface area contributed by atoms with Gasteiger partial charge in [-0.05, 0) is 73.9 Å². The van der Waals surface area contributed by atoms with Gasteiger partial charge in [-0.3, -0.25) is 14.2 Å². The van der Waals surface area contributed by atoms with Gasteiger partial charge >= 0.3 is 0 Å². The van der Waals surface area contributed by atoms with Crippen molar-refractivity contribution in [2.45, 2.75) is 19.3 Å². The Kier molecular flexibility index (Phi) is 7.01. The van der Waals surface area contributed by atoms with Gasteiger partial charge in [0.15, 0.2) is 0 Å². The van der Waals surface area contributed by atoms with Crippen LogP contribution in [0.5, 0.6) is 11.5 Å². The predicted molar refractivity (Wildman–Crippen MR) is 127 cm³/mol. The summed E-state index contributed by atoms with van der Waals surface area (Å²) < 4.78 is 8.57. The fourth-order valence-corrected chi connectivity index (χ4v) is 4.32. The number of aromatic nitrogens is 1. The third kappa shape index (κ3) is 5.74. The van der Waals surface area contributed by atoms with Crippen LogP contribution in [0.1, 0.15) is 24.8 Å². The van der Waals surface area contributed by atoms with Crippen LogP contribution in [0.15, 0.2) is 64.4 Å². The Morgan fingerprint density at radius 1 is 1.06 bits per heavy atom. The molecule has 1 aliphatic heterocycles. The van der Waals surface area contributed by atoms with Crippen molar-refractivity contribution >= 4 is 28.1 Å². The van der Waals surface area contributed by atoms with E-state index in [0.717, 1.165) is 36.8 Å². The molecule has 3 aromatic rings. The first-order chi connectivity index (χ1) is 15.2. The summed E-state index contributed by atoms with van der Waals surface area (Å²) in [5, 5.41) is 3.92. The van der Waals surface area contributed by atoms with E-state index in [4.69, 9.17) is 10.5 Å². The molecule has 2 heterocycles. The van der Waals surface area contributed by atoms with Crippen molar-refractivity contribution in [2.24, 2.45) is 10.7 Å². The molecule has 1 fully saturated rings. The number of hydrogen-bond donors (Lipinski definition) is 3. The van der Waals surface area contributed by atoms with E-state index in [1.54, 1.807) is 0 Å². The van der Waals surface area contributed by atoms with Crippen LogP contribution in [-0.4, -0.2) is 41.3 Å². The molecule has 0 aliphatic carbocycles. The number of H-pyrrole nitrogens is 1. The molecule has 7 nitrogen and oxygen atoms in total. The number of para-hydroxylation sites is 1. The van der Waals surface area contributed by atoms with Gasteiger partial charge in [0.1, 0.15) is 27.9 Å². The Balaban J connectivity index is 1.40. The van der Waals surface area contributed by atoms with E-state index in [9.17, 15) is 4.79 Å². The van der Waals surface area contributed by atoms with Crippen molar-refractivity contribution in [1.29, 1.82) is 0 Å². The van der Waals surface area contributed by atoms with Gasteiger partial charge in [0, 0.05) is 12.2 Å². The van der Waals surface area contributed by atoms with Gasteiger partial charge in [-0.15, -0.1) is 0 Å². The van der Waals surface area contributed by atoms with Crippen LogP contribution < -0.4 is 21.3 Å². The third-order valence-corrected chi connectivity index (χ3v) is 5.99. The zero-order valence-electron chi connectivity index (χ0n) is 17.3. The van der Waals surface area contributed by atoms with Crippen LogP contribution in [-0.2, 0) is 0 Å². The average molecular weight is 438 g/mol. The Labute approximate surface area is 185 Å². The van der Waals surface area contributed by atoms with Crippen molar-refractivity contribution in [3.8, 4) is 11.5 Å². The zero-order chi connectivity index (χ0) is 21.5. The molecule has 0 saturated carbocycles. The Hall–Kier alpha value is -3.10. The smallest absolute Gasteiger partial charge is 0.271 e. The van der Waals surface area contributed by atoms with Crippen LogP contribution >= 0.6 is 11.5 Å². The van der Waals surface area contributed by atoms with Crippen LogP contribution in [0.25, 0.3) is 0 Å². The number of anilines is 2. The largest absolute Gasteiger partial charge is 0.457 e. The molecule has 0 spiro atoms. The Morgan fingerprint density at radius 2 is 1.77 bits per heavy atom. The van der Waals surface area contributed by atoms with Gasteiger partial charge in [-0.1, -0.05) is 24.6 Å². The van der Waals surface area contributed by atoms with Gasteiger partial charge in [-0.2, -0.15) is 0 Å². The van der Waals surface area contributed by atoms with Crippen molar-refractivity contribution < 1.29 is 4.74 Å². The number of aliphatic imine (C=N–C) groups is 1. The third-order valence-electron chi connectivity index (χ3n) is 5.19. The van der Waals surface area contributed by atoms with Crippen LogP contribution in [0.3, 0.4) is 0 Å². The average Bonchev–Trinajstić information content (AvgIpc) is 3.16. The number of aromatic amines is 1. The molecule has 0 bridgehead atoms. The molecule has 162 valence electrons. The number of nitrogens with zero attached hydrogens (tertiary/aromatic N) is 2. The lowest BCUT2D eigenvalue weighted by molar-refractivity contribution is 0.235. The van der Waals surface area contributed by atoms with Crippen molar-refractivity contribution in [3.05, 3.63) is 70.5 Å². The number of piperidine rings is 1. The fourth-order valence-electron chi connectivity index (χ4n) is 3.56. The van der Waals surface area contributed by atoms with Gasteiger partial charge in [0.25, 0.3) is 5.56 Å².